The highest BCUT2D eigenvalue weighted by Gasteiger charge is 2.17. The number of fused-ring (bicyclic) bond motifs is 1. The van der Waals surface area contributed by atoms with Gasteiger partial charge in [-0.1, -0.05) is 42.1 Å². The van der Waals surface area contributed by atoms with Gasteiger partial charge in [0.25, 0.3) is 5.56 Å². The standard InChI is InChI=1S/C18H22N4O3S/c1-12(23)11-26-18-19-15-14(16(24)20-17(25)21(15)2)22(18)10-6-9-13-7-4-3-5-8-13/h3-5,7-8,12,23H,6,9-11H2,1-2H3,(H,20,24,25)/t12-/m1/s1. The number of rotatable bonds is 7. The summed E-state index contributed by atoms with van der Waals surface area (Å²) in [6.07, 6.45) is 1.23. The number of aliphatic hydroxyl groups excluding tert-OH is 1. The number of nitrogens with one attached hydrogen (secondary N) is 1. The summed E-state index contributed by atoms with van der Waals surface area (Å²) in [5.41, 5.74) is 1.08. The maximum Gasteiger partial charge on any atom is 0.329 e. The van der Waals surface area contributed by atoms with Crippen LogP contribution in [-0.2, 0) is 20.0 Å². The van der Waals surface area contributed by atoms with E-state index in [1.54, 1.807) is 14.0 Å². The Balaban J connectivity index is 1.94. The second kappa shape index (κ2) is 7.92. The fourth-order valence-electron chi connectivity index (χ4n) is 2.81. The molecule has 1 aromatic carbocycles. The largest absolute Gasteiger partial charge is 0.393 e. The molecule has 0 spiro atoms. The van der Waals surface area contributed by atoms with Gasteiger partial charge < -0.3 is 9.67 Å². The van der Waals surface area contributed by atoms with E-state index in [4.69, 9.17) is 0 Å². The van der Waals surface area contributed by atoms with E-state index in [0.29, 0.717) is 28.6 Å². The Morgan fingerprint density at radius 3 is 2.69 bits per heavy atom. The summed E-state index contributed by atoms with van der Waals surface area (Å²) in [6, 6.07) is 10.1. The molecule has 8 heteroatoms. The van der Waals surface area contributed by atoms with Crippen molar-refractivity contribution in [3.05, 3.63) is 56.7 Å². The molecule has 2 N–H and O–H groups in total. The molecule has 0 aliphatic rings. The third-order valence-corrected chi connectivity index (χ3v) is 5.33. The van der Waals surface area contributed by atoms with E-state index >= 15 is 0 Å². The van der Waals surface area contributed by atoms with E-state index in [0.717, 1.165) is 12.8 Å². The lowest BCUT2D eigenvalue weighted by molar-refractivity contribution is 0.220. The molecule has 0 aliphatic heterocycles. The van der Waals surface area contributed by atoms with Crippen LogP contribution in [-0.4, -0.2) is 36.1 Å². The third-order valence-electron chi connectivity index (χ3n) is 4.12. The van der Waals surface area contributed by atoms with Gasteiger partial charge in [-0.05, 0) is 25.3 Å². The first kappa shape index (κ1) is 18.5. The van der Waals surface area contributed by atoms with Gasteiger partial charge in [-0.25, -0.2) is 9.78 Å². The van der Waals surface area contributed by atoms with Crippen molar-refractivity contribution in [2.24, 2.45) is 7.05 Å². The molecule has 0 amide bonds. The van der Waals surface area contributed by atoms with Crippen molar-refractivity contribution in [1.82, 2.24) is 19.1 Å². The summed E-state index contributed by atoms with van der Waals surface area (Å²) >= 11 is 1.38. The molecule has 2 aromatic heterocycles. The molecular weight excluding hydrogens is 352 g/mol. The topological polar surface area (TPSA) is 92.9 Å². The first-order valence-electron chi connectivity index (χ1n) is 8.51. The number of nitrogens with zero attached hydrogens (tertiary/aromatic N) is 3. The molecule has 0 bridgehead atoms. The summed E-state index contributed by atoms with van der Waals surface area (Å²) in [6.45, 7) is 2.31. The van der Waals surface area contributed by atoms with E-state index in [2.05, 4.69) is 22.1 Å². The first-order valence-corrected chi connectivity index (χ1v) is 9.50. The Morgan fingerprint density at radius 1 is 1.27 bits per heavy atom. The number of hydrogen-bond acceptors (Lipinski definition) is 5. The maximum absolute atomic E-state index is 12.4. The second-order valence-corrected chi connectivity index (χ2v) is 7.27. The maximum atomic E-state index is 12.4. The van der Waals surface area contributed by atoms with Crippen LogP contribution in [0.15, 0.2) is 45.1 Å². The highest BCUT2D eigenvalue weighted by Crippen LogP contribution is 2.23. The van der Waals surface area contributed by atoms with Crippen LogP contribution in [0.5, 0.6) is 0 Å². The van der Waals surface area contributed by atoms with Gasteiger partial charge in [-0.3, -0.25) is 14.3 Å². The van der Waals surface area contributed by atoms with Crippen LogP contribution in [0.1, 0.15) is 18.9 Å². The Kier molecular flexibility index (Phi) is 5.63. The Morgan fingerprint density at radius 2 is 2.00 bits per heavy atom. The average Bonchev–Trinajstić information content (AvgIpc) is 2.98. The predicted octanol–water partition coefficient (Wildman–Crippen LogP) is 1.53. The molecule has 0 aliphatic carbocycles. The zero-order valence-electron chi connectivity index (χ0n) is 14.8. The molecule has 1 atom stereocenters. The Labute approximate surface area is 154 Å². The van der Waals surface area contributed by atoms with Gasteiger partial charge in [0.1, 0.15) is 0 Å². The minimum absolute atomic E-state index is 0.367. The number of thioether (sulfide) groups is 1. The van der Waals surface area contributed by atoms with Crippen molar-refractivity contribution >= 4 is 22.9 Å². The summed E-state index contributed by atoms with van der Waals surface area (Å²) in [4.78, 5) is 31.0. The zero-order chi connectivity index (χ0) is 18.7. The van der Waals surface area contributed by atoms with Crippen molar-refractivity contribution in [3.63, 3.8) is 0 Å². The molecule has 0 saturated carbocycles. The second-order valence-electron chi connectivity index (χ2n) is 6.29. The number of imidazole rings is 1. The average molecular weight is 374 g/mol. The summed E-state index contributed by atoms with van der Waals surface area (Å²) < 4.78 is 3.19. The highest BCUT2D eigenvalue weighted by atomic mass is 32.2. The van der Waals surface area contributed by atoms with Crippen LogP contribution in [0.2, 0.25) is 0 Å². The molecule has 26 heavy (non-hydrogen) atoms. The molecule has 7 nitrogen and oxygen atoms in total. The predicted molar refractivity (Wildman–Crippen MR) is 103 cm³/mol. The fourth-order valence-corrected chi connectivity index (χ4v) is 3.69. The van der Waals surface area contributed by atoms with Gasteiger partial charge in [0.15, 0.2) is 16.3 Å². The molecular formula is C18H22N4O3S. The Hall–Kier alpha value is -2.32. The van der Waals surface area contributed by atoms with E-state index in [9.17, 15) is 14.7 Å². The van der Waals surface area contributed by atoms with E-state index in [1.165, 1.54) is 21.9 Å². The highest BCUT2D eigenvalue weighted by molar-refractivity contribution is 7.99. The summed E-state index contributed by atoms with van der Waals surface area (Å²) in [7, 11) is 1.59. The van der Waals surface area contributed by atoms with Gasteiger partial charge in [0.05, 0.1) is 6.10 Å². The molecule has 0 unspecified atom stereocenters. The van der Waals surface area contributed by atoms with Gasteiger partial charge >= 0.3 is 5.69 Å². The summed E-state index contributed by atoms with van der Waals surface area (Å²) in [5, 5.41) is 10.2. The van der Waals surface area contributed by atoms with Gasteiger partial charge in [0.2, 0.25) is 0 Å². The number of hydrogen-bond donors (Lipinski definition) is 2. The van der Waals surface area contributed by atoms with Crippen molar-refractivity contribution in [2.75, 3.05) is 5.75 Å². The number of benzene rings is 1. The summed E-state index contributed by atoms with van der Waals surface area (Å²) in [5.74, 6) is 0.466. The first-order chi connectivity index (χ1) is 12.5. The number of aromatic amines is 1. The van der Waals surface area contributed by atoms with Gasteiger partial charge in [0, 0.05) is 19.3 Å². The fraction of sp³-hybridized carbons (Fsp3) is 0.389. The minimum Gasteiger partial charge on any atom is -0.393 e. The van der Waals surface area contributed by atoms with Crippen LogP contribution >= 0.6 is 11.8 Å². The van der Waals surface area contributed by atoms with Crippen LogP contribution in [0.4, 0.5) is 0 Å². The van der Waals surface area contributed by atoms with Crippen LogP contribution in [0.3, 0.4) is 0 Å². The molecule has 0 fully saturated rings. The van der Waals surface area contributed by atoms with Crippen molar-refractivity contribution in [1.29, 1.82) is 0 Å². The van der Waals surface area contributed by atoms with E-state index < -0.39 is 17.4 Å². The molecule has 0 radical (unpaired) electrons. The van der Waals surface area contributed by atoms with Crippen LogP contribution in [0.25, 0.3) is 11.2 Å². The van der Waals surface area contributed by atoms with Gasteiger partial charge in [-0.2, -0.15) is 0 Å². The van der Waals surface area contributed by atoms with Gasteiger partial charge in [-0.15, -0.1) is 0 Å². The van der Waals surface area contributed by atoms with Crippen molar-refractivity contribution < 1.29 is 5.11 Å². The van der Waals surface area contributed by atoms with Crippen LogP contribution < -0.4 is 11.2 Å². The third kappa shape index (κ3) is 3.91. The van der Waals surface area contributed by atoms with Crippen molar-refractivity contribution in [2.45, 2.75) is 37.6 Å². The molecule has 3 aromatic rings. The smallest absolute Gasteiger partial charge is 0.329 e. The number of aryl methyl sites for hydroxylation is 3. The normalized spacial score (nSPS) is 12.6. The SMILES string of the molecule is C[C@@H](O)CSc1nc2c(c(=O)[nH]c(=O)n2C)n1CCCc1ccccc1. The molecule has 0 saturated heterocycles. The van der Waals surface area contributed by atoms with Crippen molar-refractivity contribution in [3.8, 4) is 0 Å². The molecule has 3 rings (SSSR count). The van der Waals surface area contributed by atoms with E-state index in [1.807, 2.05) is 22.8 Å². The minimum atomic E-state index is -0.486. The van der Waals surface area contributed by atoms with Crippen LogP contribution in [0, 0.1) is 0 Å². The monoisotopic (exact) mass is 374 g/mol. The lowest BCUT2D eigenvalue weighted by Gasteiger charge is -2.09. The molecule has 2 heterocycles. The number of H-pyrrole nitrogens is 1. The quantitative estimate of drug-likeness (QED) is 0.612. The molecule has 138 valence electrons. The zero-order valence-corrected chi connectivity index (χ0v) is 15.6. The van der Waals surface area contributed by atoms with E-state index in [-0.39, 0.29) is 0 Å². The Bertz CT molecular complexity index is 1000. The number of aromatic nitrogens is 4. The lowest BCUT2D eigenvalue weighted by atomic mass is 10.1. The number of aliphatic hydroxyl groups is 1. The lowest BCUT2D eigenvalue weighted by Crippen LogP contribution is -2.29.